The summed E-state index contributed by atoms with van der Waals surface area (Å²) in [5.41, 5.74) is 3.31. The van der Waals surface area contributed by atoms with Crippen molar-refractivity contribution in [3.05, 3.63) is 41.0 Å². The van der Waals surface area contributed by atoms with E-state index in [-0.39, 0.29) is 12.3 Å². The summed E-state index contributed by atoms with van der Waals surface area (Å²) in [7, 11) is 0. The number of anilines is 1. The lowest BCUT2D eigenvalue weighted by molar-refractivity contribution is -0.116. The van der Waals surface area contributed by atoms with Crippen LogP contribution in [0.5, 0.6) is 5.75 Å². The number of hydrogen-bond acceptors (Lipinski definition) is 4. The van der Waals surface area contributed by atoms with E-state index in [1.807, 2.05) is 13.8 Å². The zero-order valence-corrected chi connectivity index (χ0v) is 15.3. The molecule has 1 aromatic heterocycles. The summed E-state index contributed by atoms with van der Waals surface area (Å²) in [5, 5.41) is 15.9. The van der Waals surface area contributed by atoms with Gasteiger partial charge in [0.2, 0.25) is 5.91 Å². The minimum atomic E-state index is -0.414. The van der Waals surface area contributed by atoms with Crippen molar-refractivity contribution in [1.82, 2.24) is 9.78 Å². The zero-order chi connectivity index (χ0) is 19.1. The van der Waals surface area contributed by atoms with Crippen molar-refractivity contribution in [1.29, 1.82) is 5.26 Å². The Morgan fingerprint density at radius 2 is 2.19 bits per heavy atom. The van der Waals surface area contributed by atoms with Crippen LogP contribution in [0.25, 0.3) is 0 Å². The molecule has 0 bridgehead atoms. The van der Waals surface area contributed by atoms with Crippen LogP contribution in [0.4, 0.5) is 10.1 Å². The molecular formula is C19H23FN4O2. The predicted octanol–water partition coefficient (Wildman–Crippen LogP) is 3.52. The number of rotatable bonds is 8. The van der Waals surface area contributed by atoms with Crippen LogP contribution < -0.4 is 10.1 Å². The summed E-state index contributed by atoms with van der Waals surface area (Å²) in [6.07, 6.45) is 1.21. The summed E-state index contributed by atoms with van der Waals surface area (Å²) in [4.78, 5) is 12.3. The van der Waals surface area contributed by atoms with E-state index >= 15 is 0 Å². The van der Waals surface area contributed by atoms with Crippen LogP contribution in [-0.4, -0.2) is 22.3 Å². The Labute approximate surface area is 152 Å². The highest BCUT2D eigenvalue weighted by Gasteiger charge is 2.14. The molecule has 1 amide bonds. The van der Waals surface area contributed by atoms with Gasteiger partial charge in [-0.3, -0.25) is 9.48 Å². The summed E-state index contributed by atoms with van der Waals surface area (Å²) in [5.74, 6) is -0.277. The lowest BCUT2D eigenvalue weighted by Gasteiger charge is -2.11. The average Bonchev–Trinajstić information content (AvgIpc) is 2.87. The van der Waals surface area contributed by atoms with Gasteiger partial charge >= 0.3 is 0 Å². The van der Waals surface area contributed by atoms with Crippen LogP contribution in [0, 0.1) is 31.0 Å². The van der Waals surface area contributed by atoms with E-state index in [9.17, 15) is 9.18 Å². The third-order valence-corrected chi connectivity index (χ3v) is 4.09. The van der Waals surface area contributed by atoms with E-state index in [4.69, 9.17) is 10.00 Å². The predicted molar refractivity (Wildman–Crippen MR) is 96.5 cm³/mol. The van der Waals surface area contributed by atoms with Crippen molar-refractivity contribution in [2.24, 2.45) is 0 Å². The number of nitrogens with zero attached hydrogens (tertiary/aromatic N) is 3. The maximum atomic E-state index is 13.3. The molecule has 6 nitrogen and oxygen atoms in total. The Balaban J connectivity index is 2.02. The topological polar surface area (TPSA) is 79.9 Å². The first-order valence-corrected chi connectivity index (χ1v) is 8.58. The van der Waals surface area contributed by atoms with Gasteiger partial charge in [0.05, 0.1) is 37.0 Å². The van der Waals surface area contributed by atoms with Crippen LogP contribution >= 0.6 is 0 Å². The Hall–Kier alpha value is -2.88. The largest absolute Gasteiger partial charge is 0.492 e. The molecule has 2 aromatic rings. The Kier molecular flexibility index (Phi) is 6.73. The molecule has 0 aliphatic heterocycles. The van der Waals surface area contributed by atoms with Gasteiger partial charge in [-0.1, -0.05) is 0 Å². The molecule has 1 N–H and O–H groups in total. The average molecular weight is 358 g/mol. The maximum absolute atomic E-state index is 13.3. The van der Waals surface area contributed by atoms with Crippen molar-refractivity contribution >= 4 is 11.6 Å². The van der Waals surface area contributed by atoms with Gasteiger partial charge in [-0.25, -0.2) is 4.39 Å². The highest BCUT2D eigenvalue weighted by Crippen LogP contribution is 2.26. The molecule has 0 aliphatic rings. The van der Waals surface area contributed by atoms with Crippen molar-refractivity contribution in [3.63, 3.8) is 0 Å². The Morgan fingerprint density at radius 3 is 2.88 bits per heavy atom. The fourth-order valence-corrected chi connectivity index (χ4v) is 2.80. The molecule has 1 heterocycles. The number of aryl methyl sites for hydroxylation is 2. The molecule has 26 heavy (non-hydrogen) atoms. The number of carbonyl (C=O) groups excluding carboxylic acids is 1. The molecule has 7 heteroatoms. The molecule has 0 aliphatic carbocycles. The van der Waals surface area contributed by atoms with Crippen LogP contribution in [0.2, 0.25) is 0 Å². The fourth-order valence-electron chi connectivity index (χ4n) is 2.80. The fraction of sp³-hybridized carbons (Fsp3) is 0.421. The first kappa shape index (κ1) is 19.4. The highest BCUT2D eigenvalue weighted by atomic mass is 19.1. The number of benzene rings is 1. The molecule has 0 spiro atoms. The van der Waals surface area contributed by atoms with Crippen molar-refractivity contribution < 1.29 is 13.9 Å². The zero-order valence-electron chi connectivity index (χ0n) is 15.3. The van der Waals surface area contributed by atoms with Crippen molar-refractivity contribution in [2.45, 2.75) is 46.6 Å². The normalized spacial score (nSPS) is 10.4. The summed E-state index contributed by atoms with van der Waals surface area (Å²) in [6.45, 7) is 6.56. The Morgan fingerprint density at radius 1 is 1.42 bits per heavy atom. The van der Waals surface area contributed by atoms with Crippen LogP contribution in [0.3, 0.4) is 0 Å². The molecular weight excluding hydrogens is 335 g/mol. The van der Waals surface area contributed by atoms with E-state index in [0.29, 0.717) is 37.4 Å². The summed E-state index contributed by atoms with van der Waals surface area (Å²) in [6, 6.07) is 6.14. The number of ether oxygens (including phenoxy) is 1. The van der Waals surface area contributed by atoms with E-state index in [0.717, 1.165) is 17.0 Å². The Bertz CT molecular complexity index is 824. The SMILES string of the molecule is CCOc1cc(F)ccc1NC(=O)CCc1c(C)nn(CCC#N)c1C. The van der Waals surface area contributed by atoms with E-state index < -0.39 is 5.82 Å². The number of amides is 1. The van der Waals surface area contributed by atoms with Crippen LogP contribution in [0.15, 0.2) is 18.2 Å². The summed E-state index contributed by atoms with van der Waals surface area (Å²) >= 11 is 0. The summed E-state index contributed by atoms with van der Waals surface area (Å²) < 4.78 is 20.5. The maximum Gasteiger partial charge on any atom is 0.224 e. The number of nitriles is 1. The van der Waals surface area contributed by atoms with E-state index in [1.54, 1.807) is 11.6 Å². The van der Waals surface area contributed by atoms with Gasteiger partial charge in [0, 0.05) is 18.2 Å². The lowest BCUT2D eigenvalue weighted by Crippen LogP contribution is -2.14. The van der Waals surface area contributed by atoms with Crippen LogP contribution in [-0.2, 0) is 17.8 Å². The molecule has 138 valence electrons. The second-order valence-electron chi connectivity index (χ2n) is 5.90. The van der Waals surface area contributed by atoms with Gasteiger partial charge in [-0.15, -0.1) is 0 Å². The van der Waals surface area contributed by atoms with Gasteiger partial charge < -0.3 is 10.1 Å². The minimum absolute atomic E-state index is 0.180. The van der Waals surface area contributed by atoms with Gasteiger partial charge in [-0.05, 0) is 44.9 Å². The first-order valence-electron chi connectivity index (χ1n) is 8.58. The van der Waals surface area contributed by atoms with Gasteiger partial charge in [0.1, 0.15) is 11.6 Å². The molecule has 0 unspecified atom stereocenters. The number of halogens is 1. The molecule has 0 fully saturated rings. The number of nitrogens with one attached hydrogen (secondary N) is 1. The monoisotopic (exact) mass is 358 g/mol. The van der Waals surface area contributed by atoms with Crippen molar-refractivity contribution in [3.8, 4) is 11.8 Å². The van der Waals surface area contributed by atoms with Crippen LogP contribution in [0.1, 0.15) is 36.7 Å². The number of hydrogen-bond donors (Lipinski definition) is 1. The molecule has 2 rings (SSSR count). The van der Waals surface area contributed by atoms with E-state index in [2.05, 4.69) is 16.5 Å². The molecule has 0 atom stereocenters. The smallest absolute Gasteiger partial charge is 0.224 e. The number of carbonyl (C=O) groups is 1. The standard InChI is InChI=1S/C19H23FN4O2/c1-4-26-18-12-15(20)6-8-17(18)22-19(25)9-7-16-13(2)23-24(14(16)3)11-5-10-21/h6,8,12H,4-5,7,9,11H2,1-3H3,(H,22,25). The second-order valence-corrected chi connectivity index (χ2v) is 5.90. The molecule has 0 saturated heterocycles. The highest BCUT2D eigenvalue weighted by molar-refractivity contribution is 5.92. The minimum Gasteiger partial charge on any atom is -0.492 e. The molecule has 0 saturated carbocycles. The van der Waals surface area contributed by atoms with E-state index in [1.165, 1.54) is 18.2 Å². The lowest BCUT2D eigenvalue weighted by atomic mass is 10.1. The number of aromatic nitrogens is 2. The van der Waals surface area contributed by atoms with Crippen molar-refractivity contribution in [2.75, 3.05) is 11.9 Å². The van der Waals surface area contributed by atoms with Gasteiger partial charge in [0.25, 0.3) is 0 Å². The van der Waals surface area contributed by atoms with Gasteiger partial charge in [-0.2, -0.15) is 10.4 Å². The second kappa shape index (κ2) is 8.99. The van der Waals surface area contributed by atoms with Gasteiger partial charge in [0.15, 0.2) is 0 Å². The first-order chi connectivity index (χ1) is 12.5. The quantitative estimate of drug-likeness (QED) is 0.783. The third kappa shape index (κ3) is 4.82. The molecule has 0 radical (unpaired) electrons. The third-order valence-electron chi connectivity index (χ3n) is 4.09. The molecule has 1 aromatic carbocycles.